The van der Waals surface area contributed by atoms with Crippen molar-refractivity contribution in [2.24, 2.45) is 17.1 Å². The molecule has 0 spiro atoms. The zero-order chi connectivity index (χ0) is 16.0. The molecule has 2 nitrogen and oxygen atoms in total. The second-order valence-electron chi connectivity index (χ2n) is 6.59. The highest BCUT2D eigenvalue weighted by atomic mass is 19.1. The Hall–Kier alpha value is -1.29. The Morgan fingerprint density at radius 1 is 1.19 bits per heavy atom. The molecule has 2 N–H and O–H groups in total. The molecule has 0 aliphatic carbocycles. The average molecular weight is 297 g/mol. The van der Waals surface area contributed by atoms with E-state index in [1.807, 2.05) is 0 Å². The number of nitrogens with two attached hydrogens (primary N) is 1. The Kier molecular flexibility index (Phi) is 6.46. The number of benzene rings is 1. The molecule has 1 unspecified atom stereocenters. The SMILES string of the molecule is CC(C)(C)C(CCN)CCC(=O)Cc1c(F)cccc1F. The molecule has 0 aromatic heterocycles. The van der Waals surface area contributed by atoms with Gasteiger partial charge in [-0.1, -0.05) is 26.8 Å². The summed E-state index contributed by atoms with van der Waals surface area (Å²) in [6.07, 6.45) is 1.70. The maximum absolute atomic E-state index is 13.5. The van der Waals surface area contributed by atoms with Gasteiger partial charge in [-0.05, 0) is 42.9 Å². The van der Waals surface area contributed by atoms with Gasteiger partial charge in [0.1, 0.15) is 17.4 Å². The molecule has 0 bridgehead atoms. The fourth-order valence-corrected chi connectivity index (χ4v) is 2.53. The lowest BCUT2D eigenvalue weighted by molar-refractivity contribution is -0.119. The smallest absolute Gasteiger partial charge is 0.137 e. The Bertz CT molecular complexity index is 460. The van der Waals surface area contributed by atoms with Gasteiger partial charge in [-0.2, -0.15) is 0 Å². The molecule has 0 fully saturated rings. The van der Waals surface area contributed by atoms with Crippen LogP contribution in [0, 0.1) is 23.0 Å². The van der Waals surface area contributed by atoms with Crippen molar-refractivity contribution in [3.8, 4) is 0 Å². The van der Waals surface area contributed by atoms with Crippen LogP contribution < -0.4 is 5.73 Å². The number of carbonyl (C=O) groups excluding carboxylic acids is 1. The fraction of sp³-hybridized carbons (Fsp3) is 0.588. The molecular formula is C17H25F2NO. The summed E-state index contributed by atoms with van der Waals surface area (Å²) in [5, 5.41) is 0. The standard InChI is InChI=1S/C17H25F2NO/c1-17(2,3)12(9-10-20)7-8-13(21)11-14-15(18)5-4-6-16(14)19/h4-6,12H,7-11,20H2,1-3H3. The quantitative estimate of drug-likeness (QED) is 0.830. The summed E-state index contributed by atoms with van der Waals surface area (Å²) >= 11 is 0. The molecule has 0 saturated carbocycles. The van der Waals surface area contributed by atoms with Gasteiger partial charge in [0, 0.05) is 18.4 Å². The number of Topliss-reactive ketones (excluding diaryl/α,β-unsaturated/α-hetero) is 1. The highest BCUT2D eigenvalue weighted by Crippen LogP contribution is 2.32. The van der Waals surface area contributed by atoms with Crippen LogP contribution in [0.25, 0.3) is 0 Å². The summed E-state index contributed by atoms with van der Waals surface area (Å²) in [7, 11) is 0. The zero-order valence-electron chi connectivity index (χ0n) is 13.1. The van der Waals surface area contributed by atoms with Gasteiger partial charge in [-0.25, -0.2) is 8.78 Å². The summed E-state index contributed by atoms with van der Waals surface area (Å²) in [6.45, 7) is 6.94. The van der Waals surface area contributed by atoms with Crippen molar-refractivity contribution in [3.63, 3.8) is 0 Å². The largest absolute Gasteiger partial charge is 0.330 e. The van der Waals surface area contributed by atoms with Gasteiger partial charge in [0.2, 0.25) is 0 Å². The Labute approximate surface area is 125 Å². The maximum Gasteiger partial charge on any atom is 0.137 e. The molecule has 1 rings (SSSR count). The third-order valence-corrected chi connectivity index (χ3v) is 3.95. The van der Waals surface area contributed by atoms with Gasteiger partial charge in [-0.15, -0.1) is 0 Å². The van der Waals surface area contributed by atoms with Crippen molar-refractivity contribution in [1.29, 1.82) is 0 Å². The maximum atomic E-state index is 13.5. The van der Waals surface area contributed by atoms with Crippen molar-refractivity contribution in [2.45, 2.75) is 46.5 Å². The second-order valence-corrected chi connectivity index (χ2v) is 6.59. The van der Waals surface area contributed by atoms with Gasteiger partial charge in [0.25, 0.3) is 0 Å². The number of hydrogen-bond acceptors (Lipinski definition) is 2. The molecule has 0 saturated heterocycles. The van der Waals surface area contributed by atoms with Crippen LogP contribution in [-0.4, -0.2) is 12.3 Å². The molecule has 21 heavy (non-hydrogen) atoms. The highest BCUT2D eigenvalue weighted by Gasteiger charge is 2.24. The van der Waals surface area contributed by atoms with Crippen LogP contribution in [0.2, 0.25) is 0 Å². The third-order valence-electron chi connectivity index (χ3n) is 3.95. The number of ketones is 1. The van der Waals surface area contributed by atoms with Crippen LogP contribution in [0.4, 0.5) is 8.78 Å². The average Bonchev–Trinajstić information content (AvgIpc) is 2.37. The molecule has 1 atom stereocenters. The number of hydrogen-bond donors (Lipinski definition) is 1. The Morgan fingerprint density at radius 3 is 2.24 bits per heavy atom. The van der Waals surface area contributed by atoms with E-state index in [-0.39, 0.29) is 23.2 Å². The van der Waals surface area contributed by atoms with E-state index in [1.54, 1.807) is 0 Å². The first-order valence-corrected chi connectivity index (χ1v) is 7.40. The molecule has 0 heterocycles. The van der Waals surface area contributed by atoms with Crippen LogP contribution in [0.3, 0.4) is 0 Å². The lowest BCUT2D eigenvalue weighted by Crippen LogP contribution is -2.24. The van der Waals surface area contributed by atoms with Crippen molar-refractivity contribution < 1.29 is 13.6 Å². The lowest BCUT2D eigenvalue weighted by Gasteiger charge is -2.30. The Balaban J connectivity index is 2.61. The minimum absolute atomic E-state index is 0.0723. The monoisotopic (exact) mass is 297 g/mol. The van der Waals surface area contributed by atoms with E-state index < -0.39 is 11.6 Å². The van der Waals surface area contributed by atoms with Crippen LogP contribution in [0.5, 0.6) is 0 Å². The third kappa shape index (κ3) is 5.54. The second kappa shape index (κ2) is 7.64. The summed E-state index contributed by atoms with van der Waals surface area (Å²) < 4.78 is 27.0. The summed E-state index contributed by atoms with van der Waals surface area (Å²) in [4.78, 5) is 12.0. The summed E-state index contributed by atoms with van der Waals surface area (Å²) in [5.41, 5.74) is 5.55. The molecular weight excluding hydrogens is 272 g/mol. The fourth-order valence-electron chi connectivity index (χ4n) is 2.53. The molecule has 4 heteroatoms. The van der Waals surface area contributed by atoms with Crippen molar-refractivity contribution in [1.82, 2.24) is 0 Å². The van der Waals surface area contributed by atoms with Crippen molar-refractivity contribution >= 4 is 5.78 Å². The Morgan fingerprint density at radius 2 is 1.76 bits per heavy atom. The molecule has 0 amide bonds. The van der Waals surface area contributed by atoms with Crippen molar-refractivity contribution in [3.05, 3.63) is 35.4 Å². The predicted molar refractivity (Wildman–Crippen MR) is 80.9 cm³/mol. The van der Waals surface area contributed by atoms with Gasteiger partial charge >= 0.3 is 0 Å². The van der Waals surface area contributed by atoms with E-state index in [9.17, 15) is 13.6 Å². The summed E-state index contributed by atoms with van der Waals surface area (Å²) in [5.74, 6) is -1.11. The van der Waals surface area contributed by atoms with E-state index in [0.717, 1.165) is 6.42 Å². The first-order chi connectivity index (χ1) is 9.75. The topological polar surface area (TPSA) is 43.1 Å². The van der Waals surface area contributed by atoms with E-state index >= 15 is 0 Å². The molecule has 0 aliphatic heterocycles. The lowest BCUT2D eigenvalue weighted by atomic mass is 9.76. The van der Waals surface area contributed by atoms with E-state index in [2.05, 4.69) is 20.8 Å². The van der Waals surface area contributed by atoms with Crippen LogP contribution >= 0.6 is 0 Å². The normalized spacial score (nSPS) is 13.2. The number of carbonyl (C=O) groups is 1. The van der Waals surface area contributed by atoms with Gasteiger partial charge in [-0.3, -0.25) is 4.79 Å². The molecule has 0 radical (unpaired) electrons. The minimum Gasteiger partial charge on any atom is -0.330 e. The summed E-state index contributed by atoms with van der Waals surface area (Å²) in [6, 6.07) is 3.66. The van der Waals surface area contributed by atoms with Crippen molar-refractivity contribution in [2.75, 3.05) is 6.54 Å². The number of rotatable bonds is 7. The first-order valence-electron chi connectivity index (χ1n) is 7.40. The highest BCUT2D eigenvalue weighted by molar-refractivity contribution is 5.80. The van der Waals surface area contributed by atoms with Crippen LogP contribution in [0.1, 0.15) is 45.6 Å². The van der Waals surface area contributed by atoms with Crippen LogP contribution in [0.15, 0.2) is 18.2 Å². The molecule has 118 valence electrons. The predicted octanol–water partition coefficient (Wildman–Crippen LogP) is 3.87. The van der Waals surface area contributed by atoms with Gasteiger partial charge < -0.3 is 5.73 Å². The zero-order valence-corrected chi connectivity index (χ0v) is 13.1. The van der Waals surface area contributed by atoms with E-state index in [1.165, 1.54) is 18.2 Å². The first kappa shape index (κ1) is 17.8. The number of halogens is 2. The molecule has 1 aromatic rings. The van der Waals surface area contributed by atoms with Crippen LogP contribution in [-0.2, 0) is 11.2 Å². The molecule has 0 aliphatic rings. The van der Waals surface area contributed by atoms with Gasteiger partial charge in [0.05, 0.1) is 0 Å². The van der Waals surface area contributed by atoms with E-state index in [0.29, 0.717) is 25.3 Å². The minimum atomic E-state index is -0.655. The molecule has 1 aromatic carbocycles. The van der Waals surface area contributed by atoms with E-state index in [4.69, 9.17) is 5.73 Å². The van der Waals surface area contributed by atoms with Gasteiger partial charge in [0.15, 0.2) is 0 Å².